The first-order valence-electron chi connectivity index (χ1n) is 8.45. The summed E-state index contributed by atoms with van der Waals surface area (Å²) in [5.41, 5.74) is 1.23. The third kappa shape index (κ3) is 4.29. The molecule has 122 valence electrons. The third-order valence-corrected chi connectivity index (χ3v) is 4.62. The summed E-state index contributed by atoms with van der Waals surface area (Å²) < 4.78 is 18.0. The largest absolute Gasteiger partial charge is 0.373 e. The number of benzene rings is 1. The SMILES string of the molecule is CN[C@@H]1C[C@@H](OCc2ccccc2)C[C@H]1OC1CCCCO1. The Kier molecular flexibility index (Phi) is 5.84. The third-order valence-electron chi connectivity index (χ3n) is 4.62. The molecule has 1 saturated heterocycles. The van der Waals surface area contributed by atoms with E-state index in [-0.39, 0.29) is 18.5 Å². The molecule has 22 heavy (non-hydrogen) atoms. The van der Waals surface area contributed by atoms with Gasteiger partial charge < -0.3 is 19.5 Å². The van der Waals surface area contributed by atoms with Gasteiger partial charge in [0.2, 0.25) is 0 Å². The number of likely N-dealkylation sites (N-methyl/N-ethyl adjacent to an activating group) is 1. The summed E-state index contributed by atoms with van der Waals surface area (Å²) in [6, 6.07) is 10.7. The Morgan fingerprint density at radius 1 is 1.18 bits per heavy atom. The van der Waals surface area contributed by atoms with Crippen LogP contribution in [0, 0.1) is 0 Å². The summed E-state index contributed by atoms with van der Waals surface area (Å²) in [4.78, 5) is 0. The molecule has 1 aromatic carbocycles. The summed E-state index contributed by atoms with van der Waals surface area (Å²) in [5.74, 6) is 0. The van der Waals surface area contributed by atoms with Crippen molar-refractivity contribution in [1.82, 2.24) is 5.32 Å². The first-order chi connectivity index (χ1) is 10.8. The molecule has 1 N–H and O–H groups in total. The van der Waals surface area contributed by atoms with E-state index in [4.69, 9.17) is 14.2 Å². The Morgan fingerprint density at radius 3 is 2.77 bits per heavy atom. The highest BCUT2D eigenvalue weighted by Gasteiger charge is 2.36. The molecule has 3 rings (SSSR count). The quantitative estimate of drug-likeness (QED) is 0.877. The highest BCUT2D eigenvalue weighted by Crippen LogP contribution is 2.29. The van der Waals surface area contributed by atoms with E-state index in [9.17, 15) is 0 Å². The predicted octanol–water partition coefficient (Wildman–Crippen LogP) is 2.87. The highest BCUT2D eigenvalue weighted by atomic mass is 16.7. The van der Waals surface area contributed by atoms with Crippen molar-refractivity contribution in [2.45, 2.75) is 63.3 Å². The van der Waals surface area contributed by atoms with Crippen LogP contribution in [0.4, 0.5) is 0 Å². The zero-order valence-electron chi connectivity index (χ0n) is 13.4. The van der Waals surface area contributed by atoms with Gasteiger partial charge in [0, 0.05) is 19.1 Å². The van der Waals surface area contributed by atoms with E-state index in [2.05, 4.69) is 29.6 Å². The molecule has 4 nitrogen and oxygen atoms in total. The van der Waals surface area contributed by atoms with Gasteiger partial charge in [-0.1, -0.05) is 30.3 Å². The number of nitrogens with one attached hydrogen (secondary N) is 1. The molecule has 1 aliphatic carbocycles. The van der Waals surface area contributed by atoms with Gasteiger partial charge in [0.05, 0.1) is 18.8 Å². The number of rotatable bonds is 6. The molecule has 1 heterocycles. The van der Waals surface area contributed by atoms with Crippen molar-refractivity contribution in [2.24, 2.45) is 0 Å². The molecule has 4 heteroatoms. The topological polar surface area (TPSA) is 39.7 Å². The van der Waals surface area contributed by atoms with Gasteiger partial charge in [-0.3, -0.25) is 0 Å². The second kappa shape index (κ2) is 8.06. The minimum absolute atomic E-state index is 0.0255. The maximum atomic E-state index is 6.17. The second-order valence-corrected chi connectivity index (χ2v) is 6.26. The van der Waals surface area contributed by atoms with Crippen LogP contribution in [0.15, 0.2) is 30.3 Å². The van der Waals surface area contributed by atoms with Crippen molar-refractivity contribution in [1.29, 1.82) is 0 Å². The fourth-order valence-corrected chi connectivity index (χ4v) is 3.35. The van der Waals surface area contributed by atoms with Gasteiger partial charge in [-0.15, -0.1) is 0 Å². The van der Waals surface area contributed by atoms with Crippen molar-refractivity contribution in [2.75, 3.05) is 13.7 Å². The number of hydrogen-bond donors (Lipinski definition) is 1. The first kappa shape index (κ1) is 15.9. The lowest BCUT2D eigenvalue weighted by atomic mass is 10.2. The maximum Gasteiger partial charge on any atom is 0.158 e. The van der Waals surface area contributed by atoms with Crippen molar-refractivity contribution in [3.8, 4) is 0 Å². The smallest absolute Gasteiger partial charge is 0.158 e. The van der Waals surface area contributed by atoms with Crippen LogP contribution in [0.3, 0.4) is 0 Å². The fraction of sp³-hybridized carbons (Fsp3) is 0.667. The van der Waals surface area contributed by atoms with Crippen molar-refractivity contribution < 1.29 is 14.2 Å². The van der Waals surface area contributed by atoms with Gasteiger partial charge in [0.15, 0.2) is 6.29 Å². The standard InChI is InChI=1S/C18H27NO3/c1-19-16-11-15(21-13-14-7-3-2-4-8-14)12-17(16)22-18-9-5-6-10-20-18/h2-4,7-8,15-19H,5-6,9-13H2,1H3/t15-,16-,17-,18?/m1/s1. The zero-order chi connectivity index (χ0) is 15.2. The summed E-state index contributed by atoms with van der Waals surface area (Å²) in [6.45, 7) is 1.50. The molecule has 0 aromatic heterocycles. The predicted molar refractivity (Wildman–Crippen MR) is 85.6 cm³/mol. The normalized spacial score (nSPS) is 32.2. The van der Waals surface area contributed by atoms with Crippen LogP contribution in [0.25, 0.3) is 0 Å². The van der Waals surface area contributed by atoms with Crippen LogP contribution < -0.4 is 5.32 Å². The monoisotopic (exact) mass is 305 g/mol. The zero-order valence-corrected chi connectivity index (χ0v) is 13.4. The lowest BCUT2D eigenvalue weighted by Gasteiger charge is -2.28. The molecule has 0 radical (unpaired) electrons. The molecule has 0 amide bonds. The molecular weight excluding hydrogens is 278 g/mol. The van der Waals surface area contributed by atoms with E-state index in [1.165, 1.54) is 12.0 Å². The van der Waals surface area contributed by atoms with E-state index in [0.29, 0.717) is 12.6 Å². The molecule has 4 atom stereocenters. The van der Waals surface area contributed by atoms with Gasteiger partial charge in [-0.2, -0.15) is 0 Å². The van der Waals surface area contributed by atoms with E-state index < -0.39 is 0 Å². The minimum atomic E-state index is -0.0255. The summed E-state index contributed by atoms with van der Waals surface area (Å²) in [6.07, 6.45) is 5.74. The Morgan fingerprint density at radius 2 is 2.05 bits per heavy atom. The highest BCUT2D eigenvalue weighted by molar-refractivity contribution is 5.13. The maximum absolute atomic E-state index is 6.17. The Labute approximate surface area is 133 Å². The lowest BCUT2D eigenvalue weighted by molar-refractivity contribution is -0.191. The molecule has 1 saturated carbocycles. The number of hydrogen-bond acceptors (Lipinski definition) is 4. The van der Waals surface area contributed by atoms with E-state index >= 15 is 0 Å². The Balaban J connectivity index is 1.48. The molecular formula is C18H27NO3. The minimum Gasteiger partial charge on any atom is -0.373 e. The van der Waals surface area contributed by atoms with Crippen LogP contribution in [-0.2, 0) is 20.8 Å². The Hall–Kier alpha value is -0.940. The van der Waals surface area contributed by atoms with E-state index in [1.54, 1.807) is 0 Å². The molecule has 2 fully saturated rings. The summed E-state index contributed by atoms with van der Waals surface area (Å²) in [5, 5.41) is 3.37. The molecule has 0 spiro atoms. The second-order valence-electron chi connectivity index (χ2n) is 6.26. The summed E-state index contributed by atoms with van der Waals surface area (Å²) in [7, 11) is 2.00. The van der Waals surface area contributed by atoms with Crippen LogP contribution in [-0.4, -0.2) is 38.2 Å². The summed E-state index contributed by atoms with van der Waals surface area (Å²) >= 11 is 0. The van der Waals surface area contributed by atoms with Crippen LogP contribution in [0.1, 0.15) is 37.7 Å². The molecule has 0 bridgehead atoms. The Bertz CT molecular complexity index is 433. The molecule has 1 unspecified atom stereocenters. The number of ether oxygens (including phenoxy) is 3. The van der Waals surface area contributed by atoms with Gasteiger partial charge in [-0.05, 0) is 38.3 Å². The van der Waals surface area contributed by atoms with Crippen LogP contribution in [0.5, 0.6) is 0 Å². The van der Waals surface area contributed by atoms with Crippen molar-refractivity contribution in [3.05, 3.63) is 35.9 Å². The van der Waals surface area contributed by atoms with Crippen LogP contribution >= 0.6 is 0 Å². The molecule has 1 aromatic rings. The molecule has 2 aliphatic rings. The lowest BCUT2D eigenvalue weighted by Crippen LogP contribution is -2.38. The average molecular weight is 305 g/mol. The van der Waals surface area contributed by atoms with Gasteiger partial charge in [-0.25, -0.2) is 0 Å². The first-order valence-corrected chi connectivity index (χ1v) is 8.45. The fourth-order valence-electron chi connectivity index (χ4n) is 3.35. The van der Waals surface area contributed by atoms with E-state index in [1.807, 2.05) is 13.1 Å². The average Bonchev–Trinajstić information content (AvgIpc) is 2.97. The van der Waals surface area contributed by atoms with Gasteiger partial charge >= 0.3 is 0 Å². The van der Waals surface area contributed by atoms with E-state index in [0.717, 1.165) is 32.3 Å². The van der Waals surface area contributed by atoms with Crippen molar-refractivity contribution >= 4 is 0 Å². The van der Waals surface area contributed by atoms with Gasteiger partial charge in [0.25, 0.3) is 0 Å². The van der Waals surface area contributed by atoms with Gasteiger partial charge in [0.1, 0.15) is 0 Å². The molecule has 1 aliphatic heterocycles. The van der Waals surface area contributed by atoms with Crippen LogP contribution in [0.2, 0.25) is 0 Å². The van der Waals surface area contributed by atoms with Crippen molar-refractivity contribution in [3.63, 3.8) is 0 Å².